The molecule has 0 aliphatic heterocycles. The number of hydrogen-bond acceptors (Lipinski definition) is 4. The van der Waals surface area contributed by atoms with E-state index in [2.05, 4.69) is 20.4 Å². The van der Waals surface area contributed by atoms with Gasteiger partial charge in [0.05, 0.1) is 0 Å². The molecule has 26 heavy (non-hydrogen) atoms. The SMILES string of the molecule is Cc1nc2ncnn2c(C)c1CCC(=O)NC1C2CC3CC(C2)CC1C3. The molecule has 1 N–H and O–H groups in total. The van der Waals surface area contributed by atoms with Crippen LogP contribution in [0, 0.1) is 37.5 Å². The maximum absolute atomic E-state index is 12.7. The molecule has 0 radical (unpaired) electrons. The lowest BCUT2D eigenvalue weighted by molar-refractivity contribution is -0.125. The molecular weight excluding hydrogens is 326 g/mol. The molecule has 0 atom stereocenters. The van der Waals surface area contributed by atoms with E-state index in [1.54, 1.807) is 4.52 Å². The second-order valence-corrected chi connectivity index (χ2v) is 8.76. The third-order valence-corrected chi connectivity index (χ3v) is 7.15. The predicted octanol–water partition coefficient (Wildman–Crippen LogP) is 2.61. The monoisotopic (exact) mass is 353 g/mol. The summed E-state index contributed by atoms with van der Waals surface area (Å²) in [6.45, 7) is 4.02. The number of hydrogen-bond donors (Lipinski definition) is 1. The lowest BCUT2D eigenvalue weighted by atomic mass is 9.54. The topological polar surface area (TPSA) is 72.2 Å². The van der Waals surface area contributed by atoms with Gasteiger partial charge in [-0.1, -0.05) is 0 Å². The van der Waals surface area contributed by atoms with Gasteiger partial charge in [-0.3, -0.25) is 4.79 Å². The Bertz CT molecular complexity index is 829. The van der Waals surface area contributed by atoms with Crippen molar-refractivity contribution in [2.24, 2.45) is 23.7 Å². The summed E-state index contributed by atoms with van der Waals surface area (Å²) in [6.07, 6.45) is 9.55. The van der Waals surface area contributed by atoms with Crippen molar-refractivity contribution < 1.29 is 4.79 Å². The van der Waals surface area contributed by atoms with E-state index in [0.29, 0.717) is 24.7 Å². The van der Waals surface area contributed by atoms with Crippen molar-refractivity contribution >= 4 is 11.7 Å². The van der Waals surface area contributed by atoms with Gasteiger partial charge < -0.3 is 5.32 Å². The van der Waals surface area contributed by atoms with Crippen molar-refractivity contribution in [2.75, 3.05) is 0 Å². The van der Waals surface area contributed by atoms with E-state index in [1.807, 2.05) is 13.8 Å². The number of fused-ring (bicyclic) bond motifs is 1. The average molecular weight is 353 g/mol. The van der Waals surface area contributed by atoms with Gasteiger partial charge in [0.2, 0.25) is 5.91 Å². The molecule has 6 heteroatoms. The Morgan fingerprint density at radius 1 is 1.15 bits per heavy atom. The molecule has 2 aromatic heterocycles. The van der Waals surface area contributed by atoms with Crippen LogP contribution in [0.4, 0.5) is 0 Å². The first kappa shape index (κ1) is 16.2. The normalized spacial score (nSPS) is 32.3. The third kappa shape index (κ3) is 2.61. The minimum atomic E-state index is 0.194. The summed E-state index contributed by atoms with van der Waals surface area (Å²) in [5, 5.41) is 7.64. The first-order chi connectivity index (χ1) is 12.6. The molecule has 1 amide bonds. The van der Waals surface area contributed by atoms with Gasteiger partial charge in [0.1, 0.15) is 6.33 Å². The number of amides is 1. The highest BCUT2D eigenvalue weighted by Crippen LogP contribution is 2.53. The maximum atomic E-state index is 12.7. The van der Waals surface area contributed by atoms with Crippen LogP contribution in [0.25, 0.3) is 5.78 Å². The lowest BCUT2D eigenvalue weighted by Gasteiger charge is -2.54. The molecule has 0 spiro atoms. The molecular formula is C20H27N5O. The molecule has 4 saturated carbocycles. The summed E-state index contributed by atoms with van der Waals surface area (Å²) in [7, 11) is 0. The van der Waals surface area contributed by atoms with Gasteiger partial charge >= 0.3 is 0 Å². The van der Waals surface area contributed by atoms with E-state index < -0.39 is 0 Å². The number of aromatic nitrogens is 4. The Morgan fingerprint density at radius 3 is 2.54 bits per heavy atom. The van der Waals surface area contributed by atoms with Crippen LogP contribution >= 0.6 is 0 Å². The molecule has 138 valence electrons. The summed E-state index contributed by atoms with van der Waals surface area (Å²) >= 11 is 0. The van der Waals surface area contributed by atoms with Crippen molar-refractivity contribution in [2.45, 2.75) is 64.8 Å². The maximum Gasteiger partial charge on any atom is 0.252 e. The van der Waals surface area contributed by atoms with E-state index >= 15 is 0 Å². The minimum absolute atomic E-state index is 0.194. The second kappa shape index (κ2) is 6.03. The first-order valence-electron chi connectivity index (χ1n) is 10.0. The fourth-order valence-corrected chi connectivity index (χ4v) is 6.17. The average Bonchev–Trinajstić information content (AvgIpc) is 3.05. The Hall–Kier alpha value is -1.98. The van der Waals surface area contributed by atoms with Crippen LogP contribution in [0.3, 0.4) is 0 Å². The van der Waals surface area contributed by atoms with Crippen LogP contribution in [0.1, 0.15) is 55.5 Å². The molecule has 2 heterocycles. The van der Waals surface area contributed by atoms with E-state index in [-0.39, 0.29) is 5.91 Å². The van der Waals surface area contributed by atoms with Crippen LogP contribution in [0.15, 0.2) is 6.33 Å². The fourth-order valence-electron chi connectivity index (χ4n) is 6.17. The predicted molar refractivity (Wildman–Crippen MR) is 97.6 cm³/mol. The number of aryl methyl sites for hydroxylation is 2. The summed E-state index contributed by atoms with van der Waals surface area (Å²) in [5.74, 6) is 4.16. The van der Waals surface area contributed by atoms with Crippen LogP contribution in [-0.4, -0.2) is 31.5 Å². The number of carbonyl (C=O) groups is 1. The molecule has 0 unspecified atom stereocenters. The van der Waals surface area contributed by atoms with Crippen molar-refractivity contribution in [3.63, 3.8) is 0 Å². The standard InChI is InChI=1S/C20H27N5O/c1-11-17(12(2)25-20(23-11)21-10-22-25)3-4-18(26)24-19-15-6-13-5-14(8-15)9-16(19)7-13/h10,13-16,19H,3-9H2,1-2H3,(H,24,26). The van der Waals surface area contributed by atoms with E-state index in [0.717, 1.165) is 40.6 Å². The number of nitrogens with zero attached hydrogens (tertiary/aromatic N) is 4. The zero-order chi connectivity index (χ0) is 17.8. The quantitative estimate of drug-likeness (QED) is 0.917. The minimum Gasteiger partial charge on any atom is -0.353 e. The highest BCUT2D eigenvalue weighted by Gasteiger charge is 2.48. The van der Waals surface area contributed by atoms with Crippen LogP contribution < -0.4 is 5.32 Å². The van der Waals surface area contributed by atoms with Gasteiger partial charge in [-0.25, -0.2) is 9.50 Å². The summed E-state index contributed by atoms with van der Waals surface area (Å²) in [6, 6.07) is 0.424. The van der Waals surface area contributed by atoms with Gasteiger partial charge in [-0.15, -0.1) is 0 Å². The zero-order valence-electron chi connectivity index (χ0n) is 15.6. The number of carbonyl (C=O) groups excluding carboxylic acids is 1. The van der Waals surface area contributed by atoms with E-state index in [4.69, 9.17) is 0 Å². The van der Waals surface area contributed by atoms with Crippen molar-refractivity contribution in [3.8, 4) is 0 Å². The van der Waals surface area contributed by atoms with Crippen LogP contribution in [0.5, 0.6) is 0 Å². The highest BCUT2D eigenvalue weighted by molar-refractivity contribution is 5.76. The third-order valence-electron chi connectivity index (χ3n) is 7.15. The summed E-state index contributed by atoms with van der Waals surface area (Å²) in [5.41, 5.74) is 3.10. The van der Waals surface area contributed by atoms with Crippen molar-refractivity contribution in [3.05, 3.63) is 23.3 Å². The molecule has 2 aromatic rings. The Labute approximate surface area is 153 Å². The molecule has 4 fully saturated rings. The Morgan fingerprint density at radius 2 is 1.85 bits per heavy atom. The van der Waals surface area contributed by atoms with Gasteiger partial charge in [0.15, 0.2) is 0 Å². The van der Waals surface area contributed by atoms with Crippen LogP contribution in [0.2, 0.25) is 0 Å². The molecule has 4 bridgehead atoms. The van der Waals surface area contributed by atoms with Gasteiger partial charge in [-0.2, -0.15) is 10.1 Å². The molecule has 0 saturated heterocycles. The Kier molecular flexibility index (Phi) is 3.76. The van der Waals surface area contributed by atoms with E-state index in [1.165, 1.54) is 38.4 Å². The number of nitrogens with one attached hydrogen (secondary N) is 1. The van der Waals surface area contributed by atoms with Gasteiger partial charge in [0.25, 0.3) is 5.78 Å². The molecule has 0 aromatic carbocycles. The second-order valence-electron chi connectivity index (χ2n) is 8.76. The molecule has 6 rings (SSSR count). The Balaban J connectivity index is 1.26. The number of rotatable bonds is 4. The first-order valence-corrected chi connectivity index (χ1v) is 10.0. The lowest BCUT2D eigenvalue weighted by Crippen LogP contribution is -2.55. The fraction of sp³-hybridized carbons (Fsp3) is 0.700. The van der Waals surface area contributed by atoms with Gasteiger partial charge in [0, 0.05) is 23.9 Å². The molecule has 4 aliphatic rings. The highest BCUT2D eigenvalue weighted by atomic mass is 16.1. The van der Waals surface area contributed by atoms with Crippen molar-refractivity contribution in [1.82, 2.24) is 24.9 Å². The summed E-state index contributed by atoms with van der Waals surface area (Å²) < 4.78 is 1.76. The largest absolute Gasteiger partial charge is 0.353 e. The van der Waals surface area contributed by atoms with Crippen molar-refractivity contribution in [1.29, 1.82) is 0 Å². The summed E-state index contributed by atoms with van der Waals surface area (Å²) in [4.78, 5) is 21.3. The molecule has 4 aliphatic carbocycles. The molecule has 6 nitrogen and oxygen atoms in total. The van der Waals surface area contributed by atoms with Crippen LogP contribution in [-0.2, 0) is 11.2 Å². The smallest absolute Gasteiger partial charge is 0.252 e. The van der Waals surface area contributed by atoms with E-state index in [9.17, 15) is 4.79 Å². The zero-order valence-corrected chi connectivity index (χ0v) is 15.6. The van der Waals surface area contributed by atoms with Gasteiger partial charge in [-0.05, 0) is 81.6 Å².